The van der Waals surface area contributed by atoms with Gasteiger partial charge in [-0.1, -0.05) is 15.9 Å². The molecule has 2 amide bonds. The number of hydrogen-bond acceptors (Lipinski definition) is 4. The van der Waals surface area contributed by atoms with Gasteiger partial charge in [-0.3, -0.25) is 9.59 Å². The minimum absolute atomic E-state index is 0.0746. The van der Waals surface area contributed by atoms with Crippen molar-refractivity contribution in [2.24, 2.45) is 0 Å². The summed E-state index contributed by atoms with van der Waals surface area (Å²) in [4.78, 5) is 23.4. The zero-order valence-corrected chi connectivity index (χ0v) is 12.4. The Morgan fingerprint density at radius 3 is 2.75 bits per heavy atom. The van der Waals surface area contributed by atoms with E-state index >= 15 is 0 Å². The van der Waals surface area contributed by atoms with Crippen molar-refractivity contribution >= 4 is 33.4 Å². The average Bonchev–Trinajstić information content (AvgIpc) is 2.48. The summed E-state index contributed by atoms with van der Waals surface area (Å²) in [6, 6.07) is 7.21. The van der Waals surface area contributed by atoms with Crippen LogP contribution >= 0.6 is 15.9 Å². The summed E-state index contributed by atoms with van der Waals surface area (Å²) in [5.74, 6) is -0.549. The van der Waals surface area contributed by atoms with Crippen LogP contribution in [0.4, 0.5) is 5.69 Å². The lowest BCUT2D eigenvalue weighted by Gasteiger charge is -2.22. The third-order valence-electron chi connectivity index (χ3n) is 2.77. The summed E-state index contributed by atoms with van der Waals surface area (Å²) < 4.78 is 6.23. The standard InChI is InChI=1S/C13H16BrN3O3/c14-9-1-3-10(4-2-9)17-12(18)8-16-13(19)11-7-15-5-6-20-11/h1-4,11,15H,5-8H2,(H,16,19)(H,17,18). The summed E-state index contributed by atoms with van der Waals surface area (Å²) >= 11 is 3.32. The van der Waals surface area contributed by atoms with E-state index in [1.54, 1.807) is 12.1 Å². The number of morpholine rings is 1. The Kier molecular flexibility index (Phi) is 5.51. The normalized spacial score (nSPS) is 18.4. The van der Waals surface area contributed by atoms with Crippen LogP contribution in [0.3, 0.4) is 0 Å². The van der Waals surface area contributed by atoms with Gasteiger partial charge in [-0.05, 0) is 24.3 Å². The molecule has 1 atom stereocenters. The van der Waals surface area contributed by atoms with Gasteiger partial charge >= 0.3 is 0 Å². The van der Waals surface area contributed by atoms with Crippen LogP contribution in [0.5, 0.6) is 0 Å². The summed E-state index contributed by atoms with van der Waals surface area (Å²) in [6.45, 7) is 1.64. The lowest BCUT2D eigenvalue weighted by molar-refractivity contribution is -0.135. The molecule has 1 fully saturated rings. The Morgan fingerprint density at radius 2 is 2.10 bits per heavy atom. The van der Waals surface area contributed by atoms with Gasteiger partial charge in [0.25, 0.3) is 5.91 Å². The van der Waals surface area contributed by atoms with Gasteiger partial charge in [0.2, 0.25) is 5.91 Å². The van der Waals surface area contributed by atoms with E-state index in [1.165, 1.54) is 0 Å². The second-order valence-corrected chi connectivity index (χ2v) is 5.25. The molecule has 1 heterocycles. The van der Waals surface area contributed by atoms with Gasteiger partial charge in [0, 0.05) is 23.2 Å². The van der Waals surface area contributed by atoms with Gasteiger partial charge in [-0.2, -0.15) is 0 Å². The van der Waals surface area contributed by atoms with Crippen LogP contribution in [0.2, 0.25) is 0 Å². The first-order chi connectivity index (χ1) is 9.65. The zero-order valence-electron chi connectivity index (χ0n) is 10.8. The smallest absolute Gasteiger partial charge is 0.250 e. The van der Waals surface area contributed by atoms with Crippen molar-refractivity contribution in [3.8, 4) is 0 Å². The number of halogens is 1. The van der Waals surface area contributed by atoms with Crippen LogP contribution in [0.25, 0.3) is 0 Å². The van der Waals surface area contributed by atoms with Crippen molar-refractivity contribution in [1.82, 2.24) is 10.6 Å². The van der Waals surface area contributed by atoms with Crippen molar-refractivity contribution in [1.29, 1.82) is 0 Å². The Morgan fingerprint density at radius 1 is 1.35 bits per heavy atom. The highest BCUT2D eigenvalue weighted by Crippen LogP contribution is 2.13. The Bertz CT molecular complexity index is 472. The van der Waals surface area contributed by atoms with Gasteiger partial charge in [0.1, 0.15) is 6.10 Å². The minimum Gasteiger partial charge on any atom is -0.366 e. The molecule has 3 N–H and O–H groups in total. The number of nitrogens with one attached hydrogen (secondary N) is 3. The van der Waals surface area contributed by atoms with E-state index in [4.69, 9.17) is 4.74 Å². The second-order valence-electron chi connectivity index (χ2n) is 4.34. The van der Waals surface area contributed by atoms with E-state index in [0.717, 1.165) is 11.0 Å². The molecule has 0 spiro atoms. The first-order valence-corrected chi connectivity index (χ1v) is 7.10. The Balaban J connectivity index is 1.74. The highest BCUT2D eigenvalue weighted by atomic mass is 79.9. The first kappa shape index (κ1) is 15.0. The molecule has 108 valence electrons. The van der Waals surface area contributed by atoms with Crippen molar-refractivity contribution < 1.29 is 14.3 Å². The molecule has 1 aromatic rings. The molecule has 6 nitrogen and oxygen atoms in total. The van der Waals surface area contributed by atoms with Crippen molar-refractivity contribution in [2.45, 2.75) is 6.10 Å². The van der Waals surface area contributed by atoms with Gasteiger partial charge in [0.05, 0.1) is 13.2 Å². The molecular formula is C13H16BrN3O3. The van der Waals surface area contributed by atoms with E-state index in [9.17, 15) is 9.59 Å². The average molecular weight is 342 g/mol. The molecule has 0 aliphatic carbocycles. The third-order valence-corrected chi connectivity index (χ3v) is 3.30. The predicted molar refractivity (Wildman–Crippen MR) is 78.4 cm³/mol. The second kappa shape index (κ2) is 7.37. The highest BCUT2D eigenvalue weighted by molar-refractivity contribution is 9.10. The summed E-state index contributed by atoms with van der Waals surface area (Å²) in [5, 5.41) is 8.31. The topological polar surface area (TPSA) is 79.5 Å². The molecule has 0 bridgehead atoms. The van der Waals surface area contributed by atoms with Crippen LogP contribution < -0.4 is 16.0 Å². The Labute approximate surface area is 125 Å². The van der Waals surface area contributed by atoms with Gasteiger partial charge in [0.15, 0.2) is 0 Å². The number of amides is 2. The van der Waals surface area contributed by atoms with E-state index in [2.05, 4.69) is 31.9 Å². The molecule has 1 aliphatic heterocycles. The third kappa shape index (κ3) is 4.59. The molecule has 0 radical (unpaired) electrons. The molecule has 20 heavy (non-hydrogen) atoms. The van der Waals surface area contributed by atoms with Crippen LogP contribution in [0.1, 0.15) is 0 Å². The summed E-state index contributed by atoms with van der Waals surface area (Å²) in [6.07, 6.45) is -0.524. The van der Waals surface area contributed by atoms with Crippen LogP contribution in [0, 0.1) is 0 Å². The maximum atomic E-state index is 11.7. The lowest BCUT2D eigenvalue weighted by atomic mass is 10.3. The van der Waals surface area contributed by atoms with E-state index in [1.807, 2.05) is 12.1 Å². The first-order valence-electron chi connectivity index (χ1n) is 6.30. The molecule has 0 aromatic heterocycles. The maximum Gasteiger partial charge on any atom is 0.250 e. The molecular weight excluding hydrogens is 326 g/mol. The van der Waals surface area contributed by atoms with Crippen LogP contribution in [-0.4, -0.2) is 44.2 Å². The van der Waals surface area contributed by atoms with Gasteiger partial charge < -0.3 is 20.7 Å². The zero-order chi connectivity index (χ0) is 14.4. The largest absolute Gasteiger partial charge is 0.366 e. The van der Waals surface area contributed by atoms with Crippen LogP contribution in [-0.2, 0) is 14.3 Å². The number of rotatable bonds is 4. The fourth-order valence-corrected chi connectivity index (χ4v) is 2.02. The summed E-state index contributed by atoms with van der Waals surface area (Å²) in [7, 11) is 0. The van der Waals surface area contributed by atoms with E-state index in [0.29, 0.717) is 18.8 Å². The van der Waals surface area contributed by atoms with E-state index in [-0.39, 0.29) is 18.4 Å². The molecule has 2 rings (SSSR count). The number of carbonyl (C=O) groups excluding carboxylic acids is 2. The number of benzene rings is 1. The quantitative estimate of drug-likeness (QED) is 0.744. The SMILES string of the molecule is O=C(CNC(=O)C1CNCCO1)Nc1ccc(Br)cc1. The van der Waals surface area contributed by atoms with Crippen LogP contribution in [0.15, 0.2) is 28.7 Å². The molecule has 1 unspecified atom stereocenters. The van der Waals surface area contributed by atoms with Crippen molar-refractivity contribution in [3.05, 3.63) is 28.7 Å². The van der Waals surface area contributed by atoms with Gasteiger partial charge in [-0.15, -0.1) is 0 Å². The number of carbonyl (C=O) groups is 2. The fourth-order valence-electron chi connectivity index (χ4n) is 1.75. The molecule has 1 aliphatic rings. The predicted octanol–water partition coefficient (Wildman–Crippen LogP) is 0.492. The van der Waals surface area contributed by atoms with Crippen molar-refractivity contribution in [3.63, 3.8) is 0 Å². The monoisotopic (exact) mass is 341 g/mol. The molecule has 1 aromatic carbocycles. The number of anilines is 1. The number of hydrogen-bond donors (Lipinski definition) is 3. The fraction of sp³-hybridized carbons (Fsp3) is 0.385. The summed E-state index contributed by atoms with van der Waals surface area (Å²) in [5.41, 5.74) is 0.683. The lowest BCUT2D eigenvalue weighted by Crippen LogP contribution is -2.49. The van der Waals surface area contributed by atoms with Crippen molar-refractivity contribution in [2.75, 3.05) is 31.6 Å². The molecule has 1 saturated heterocycles. The highest BCUT2D eigenvalue weighted by Gasteiger charge is 2.21. The maximum absolute atomic E-state index is 11.7. The minimum atomic E-state index is -0.524. The van der Waals surface area contributed by atoms with E-state index < -0.39 is 6.10 Å². The Hall–Kier alpha value is -1.44. The molecule has 7 heteroatoms. The van der Waals surface area contributed by atoms with Gasteiger partial charge in [-0.25, -0.2) is 0 Å². The molecule has 0 saturated carbocycles. The number of ether oxygens (including phenoxy) is 1.